The van der Waals surface area contributed by atoms with Crippen molar-refractivity contribution in [3.05, 3.63) is 64.4 Å². The quantitative estimate of drug-likeness (QED) is 0.632. The van der Waals surface area contributed by atoms with Crippen LogP contribution < -0.4 is 10.1 Å². The van der Waals surface area contributed by atoms with E-state index < -0.39 is 6.04 Å². The highest BCUT2D eigenvalue weighted by Crippen LogP contribution is 2.21. The van der Waals surface area contributed by atoms with Crippen molar-refractivity contribution in [2.75, 3.05) is 6.61 Å². The minimum atomic E-state index is -0.716. The fraction of sp³-hybridized carbons (Fsp3) is 0.391. The molecule has 0 aliphatic carbocycles. The number of amides is 2. The number of halogens is 2. The van der Waals surface area contributed by atoms with E-state index in [4.69, 9.17) is 16.3 Å². The van der Waals surface area contributed by atoms with Crippen LogP contribution in [0.4, 0.5) is 4.39 Å². The second-order valence-corrected chi connectivity index (χ2v) is 7.75. The van der Waals surface area contributed by atoms with Crippen molar-refractivity contribution in [1.29, 1.82) is 0 Å². The van der Waals surface area contributed by atoms with Gasteiger partial charge in [-0.25, -0.2) is 4.39 Å². The Morgan fingerprint density at radius 1 is 1.17 bits per heavy atom. The van der Waals surface area contributed by atoms with Crippen LogP contribution in [0.25, 0.3) is 0 Å². The standard InChI is InChI=1S/C23H28ClFN2O3/c1-5-16(3)26-23(29)17(4)27(13-18-6-8-19(25)9-7-18)22(28)14-30-20-10-11-21(24)15(2)12-20/h6-12,16-17H,5,13-14H2,1-4H3,(H,26,29)/t16-,17+/m0/s1. The number of hydrogen-bond acceptors (Lipinski definition) is 3. The van der Waals surface area contributed by atoms with Crippen LogP contribution in [0.1, 0.15) is 38.3 Å². The first-order valence-electron chi connectivity index (χ1n) is 9.94. The van der Waals surface area contributed by atoms with E-state index in [9.17, 15) is 14.0 Å². The first kappa shape index (κ1) is 23.7. The van der Waals surface area contributed by atoms with Crippen LogP contribution in [-0.2, 0) is 16.1 Å². The molecule has 0 saturated carbocycles. The van der Waals surface area contributed by atoms with Gasteiger partial charge in [0.2, 0.25) is 5.91 Å². The minimum absolute atomic E-state index is 0.00369. The van der Waals surface area contributed by atoms with Gasteiger partial charge < -0.3 is 15.0 Å². The van der Waals surface area contributed by atoms with Crippen molar-refractivity contribution < 1.29 is 18.7 Å². The van der Waals surface area contributed by atoms with Crippen molar-refractivity contribution in [2.24, 2.45) is 0 Å². The number of carbonyl (C=O) groups excluding carboxylic acids is 2. The van der Waals surface area contributed by atoms with E-state index >= 15 is 0 Å². The van der Waals surface area contributed by atoms with E-state index in [2.05, 4.69) is 5.32 Å². The van der Waals surface area contributed by atoms with Crippen molar-refractivity contribution in [3.63, 3.8) is 0 Å². The summed E-state index contributed by atoms with van der Waals surface area (Å²) in [6.45, 7) is 7.33. The highest BCUT2D eigenvalue weighted by Gasteiger charge is 2.27. The molecule has 0 bridgehead atoms. The van der Waals surface area contributed by atoms with E-state index in [-0.39, 0.29) is 36.8 Å². The van der Waals surface area contributed by atoms with Gasteiger partial charge in [0.15, 0.2) is 6.61 Å². The Balaban J connectivity index is 2.15. The molecule has 162 valence electrons. The largest absolute Gasteiger partial charge is 0.484 e. The highest BCUT2D eigenvalue weighted by atomic mass is 35.5. The second-order valence-electron chi connectivity index (χ2n) is 7.34. The second kappa shape index (κ2) is 11.0. The number of benzene rings is 2. The summed E-state index contributed by atoms with van der Waals surface area (Å²) in [5.41, 5.74) is 1.56. The monoisotopic (exact) mass is 434 g/mol. The Kier molecular flexibility index (Phi) is 8.66. The molecule has 0 radical (unpaired) electrons. The normalized spacial score (nSPS) is 12.7. The van der Waals surface area contributed by atoms with Gasteiger partial charge in [-0.15, -0.1) is 0 Å². The molecule has 2 rings (SSSR count). The number of rotatable bonds is 9. The lowest BCUT2D eigenvalue weighted by Crippen LogP contribution is -2.50. The molecule has 0 spiro atoms. The van der Waals surface area contributed by atoms with Gasteiger partial charge in [-0.3, -0.25) is 9.59 Å². The zero-order valence-electron chi connectivity index (χ0n) is 17.7. The van der Waals surface area contributed by atoms with Crippen LogP contribution in [0.5, 0.6) is 5.75 Å². The SMILES string of the molecule is CC[C@H](C)NC(=O)[C@@H](C)N(Cc1ccc(F)cc1)C(=O)COc1ccc(Cl)c(C)c1. The van der Waals surface area contributed by atoms with E-state index in [1.807, 2.05) is 20.8 Å². The summed E-state index contributed by atoms with van der Waals surface area (Å²) < 4.78 is 18.9. The Bertz CT molecular complexity index is 873. The molecule has 0 aliphatic heterocycles. The minimum Gasteiger partial charge on any atom is -0.484 e. The Morgan fingerprint density at radius 3 is 2.43 bits per heavy atom. The average molecular weight is 435 g/mol. The molecule has 0 fully saturated rings. The molecule has 2 atom stereocenters. The molecule has 0 saturated heterocycles. The zero-order chi connectivity index (χ0) is 22.3. The highest BCUT2D eigenvalue weighted by molar-refractivity contribution is 6.31. The van der Waals surface area contributed by atoms with Crippen LogP contribution in [-0.4, -0.2) is 35.4 Å². The van der Waals surface area contributed by atoms with E-state index in [1.54, 1.807) is 37.3 Å². The first-order chi connectivity index (χ1) is 14.2. The third kappa shape index (κ3) is 6.73. The summed E-state index contributed by atoms with van der Waals surface area (Å²) in [5.74, 6) is -0.440. The summed E-state index contributed by atoms with van der Waals surface area (Å²) >= 11 is 6.02. The Hall–Kier alpha value is -2.60. The summed E-state index contributed by atoms with van der Waals surface area (Å²) in [4.78, 5) is 27.0. The number of nitrogens with zero attached hydrogens (tertiary/aromatic N) is 1. The van der Waals surface area contributed by atoms with Gasteiger partial charge in [-0.2, -0.15) is 0 Å². The molecule has 0 aromatic heterocycles. The molecule has 2 aromatic carbocycles. The van der Waals surface area contributed by atoms with Gasteiger partial charge in [0.1, 0.15) is 17.6 Å². The molecule has 2 amide bonds. The predicted octanol–water partition coefficient (Wildman–Crippen LogP) is 4.50. The van der Waals surface area contributed by atoms with Gasteiger partial charge in [-0.1, -0.05) is 30.7 Å². The maximum Gasteiger partial charge on any atom is 0.261 e. The third-order valence-corrected chi connectivity index (χ3v) is 5.35. The van der Waals surface area contributed by atoms with Crippen LogP contribution in [0.2, 0.25) is 5.02 Å². The molecule has 5 nitrogen and oxygen atoms in total. The topological polar surface area (TPSA) is 58.6 Å². The molecule has 30 heavy (non-hydrogen) atoms. The maximum absolute atomic E-state index is 13.2. The van der Waals surface area contributed by atoms with Crippen molar-refractivity contribution in [2.45, 2.75) is 52.7 Å². The average Bonchev–Trinajstić information content (AvgIpc) is 2.73. The van der Waals surface area contributed by atoms with Crippen molar-refractivity contribution >= 4 is 23.4 Å². The van der Waals surface area contributed by atoms with Gasteiger partial charge in [0.05, 0.1) is 0 Å². The summed E-state index contributed by atoms with van der Waals surface area (Å²) in [6, 6.07) is 10.3. The molecule has 0 aliphatic rings. The lowest BCUT2D eigenvalue weighted by atomic mass is 10.1. The maximum atomic E-state index is 13.2. The molecule has 2 aromatic rings. The predicted molar refractivity (Wildman–Crippen MR) is 116 cm³/mol. The lowest BCUT2D eigenvalue weighted by Gasteiger charge is -2.29. The van der Waals surface area contributed by atoms with Crippen LogP contribution in [0, 0.1) is 12.7 Å². The van der Waals surface area contributed by atoms with E-state index in [0.29, 0.717) is 10.8 Å². The van der Waals surface area contributed by atoms with E-state index in [1.165, 1.54) is 17.0 Å². The number of ether oxygens (including phenoxy) is 1. The van der Waals surface area contributed by atoms with Gasteiger partial charge in [0.25, 0.3) is 5.91 Å². The number of aryl methyl sites for hydroxylation is 1. The molecule has 1 N–H and O–H groups in total. The van der Waals surface area contributed by atoms with E-state index in [0.717, 1.165) is 17.5 Å². The Morgan fingerprint density at radius 2 is 1.83 bits per heavy atom. The molecule has 0 unspecified atom stereocenters. The number of carbonyl (C=O) groups is 2. The van der Waals surface area contributed by atoms with Gasteiger partial charge in [-0.05, 0) is 68.7 Å². The number of nitrogens with one attached hydrogen (secondary N) is 1. The fourth-order valence-corrected chi connectivity index (χ4v) is 2.89. The molecule has 0 heterocycles. The van der Waals surface area contributed by atoms with Crippen LogP contribution in [0.15, 0.2) is 42.5 Å². The smallest absolute Gasteiger partial charge is 0.261 e. The van der Waals surface area contributed by atoms with Crippen molar-refractivity contribution in [1.82, 2.24) is 10.2 Å². The van der Waals surface area contributed by atoms with Gasteiger partial charge in [0, 0.05) is 17.6 Å². The summed E-state index contributed by atoms with van der Waals surface area (Å²) in [5, 5.41) is 3.51. The number of hydrogen-bond donors (Lipinski definition) is 1. The fourth-order valence-electron chi connectivity index (χ4n) is 2.77. The summed E-state index contributed by atoms with van der Waals surface area (Å²) in [7, 11) is 0. The summed E-state index contributed by atoms with van der Waals surface area (Å²) in [6.07, 6.45) is 0.781. The zero-order valence-corrected chi connectivity index (χ0v) is 18.5. The van der Waals surface area contributed by atoms with Gasteiger partial charge >= 0.3 is 0 Å². The molecular formula is C23H28ClFN2O3. The Labute approximate surface area is 182 Å². The van der Waals surface area contributed by atoms with Crippen LogP contribution >= 0.6 is 11.6 Å². The lowest BCUT2D eigenvalue weighted by molar-refractivity contribution is -0.142. The first-order valence-corrected chi connectivity index (χ1v) is 10.3. The molecule has 7 heteroatoms. The molecular weight excluding hydrogens is 407 g/mol. The van der Waals surface area contributed by atoms with Crippen LogP contribution in [0.3, 0.4) is 0 Å². The van der Waals surface area contributed by atoms with Crippen molar-refractivity contribution in [3.8, 4) is 5.75 Å². The third-order valence-electron chi connectivity index (χ3n) is 4.93.